The van der Waals surface area contributed by atoms with Crippen LogP contribution in [0, 0.1) is 6.92 Å². The number of anilines is 1. The molecule has 0 aliphatic carbocycles. The van der Waals surface area contributed by atoms with Crippen LogP contribution in [0.3, 0.4) is 0 Å². The van der Waals surface area contributed by atoms with Crippen LogP contribution < -0.4 is 15.0 Å². The molecule has 1 amide bonds. The average Bonchev–Trinajstić information content (AvgIpc) is 3.35. The van der Waals surface area contributed by atoms with E-state index in [2.05, 4.69) is 15.3 Å². The average molecular weight is 380 g/mol. The fraction of sp³-hybridized carbons (Fsp3) is 0.400. The van der Waals surface area contributed by atoms with Gasteiger partial charge < -0.3 is 15.0 Å². The molecule has 1 saturated heterocycles. The molecule has 1 atom stereocenters. The number of nitrogens with zero attached hydrogens (tertiary/aromatic N) is 5. The Kier molecular flexibility index (Phi) is 5.36. The van der Waals surface area contributed by atoms with Gasteiger partial charge in [-0.15, -0.1) is 0 Å². The highest BCUT2D eigenvalue weighted by Crippen LogP contribution is 2.35. The molecular formula is C20H24N6O2. The van der Waals surface area contributed by atoms with Gasteiger partial charge in [-0.2, -0.15) is 5.10 Å². The first-order chi connectivity index (χ1) is 13.8. The number of ether oxygens (including phenoxy) is 1. The van der Waals surface area contributed by atoms with Crippen LogP contribution in [0.15, 0.2) is 36.7 Å². The van der Waals surface area contributed by atoms with Crippen molar-refractivity contribution in [2.45, 2.75) is 32.2 Å². The van der Waals surface area contributed by atoms with E-state index in [0.29, 0.717) is 25.4 Å². The van der Waals surface area contributed by atoms with Crippen LogP contribution in [0.4, 0.5) is 5.82 Å². The maximum absolute atomic E-state index is 10.3. The van der Waals surface area contributed by atoms with Gasteiger partial charge in [-0.05, 0) is 38.3 Å². The highest BCUT2D eigenvalue weighted by Gasteiger charge is 2.28. The lowest BCUT2D eigenvalue weighted by Gasteiger charge is -2.25. The molecule has 4 rings (SSSR count). The fourth-order valence-electron chi connectivity index (χ4n) is 3.59. The molecule has 0 saturated carbocycles. The maximum Gasteiger partial charge on any atom is 0.213 e. The third-order valence-electron chi connectivity index (χ3n) is 4.96. The van der Waals surface area contributed by atoms with E-state index < -0.39 is 0 Å². The molecule has 0 radical (unpaired) electrons. The molecule has 8 heteroatoms. The maximum atomic E-state index is 10.3. The van der Waals surface area contributed by atoms with E-state index in [1.807, 2.05) is 43.6 Å². The van der Waals surface area contributed by atoms with Crippen LogP contribution >= 0.6 is 0 Å². The zero-order chi connectivity index (χ0) is 19.3. The number of aryl methyl sites for hydroxylation is 1. The molecule has 146 valence electrons. The first-order valence-electron chi connectivity index (χ1n) is 9.60. The molecule has 1 unspecified atom stereocenters. The molecule has 3 aromatic rings. The molecule has 0 spiro atoms. The minimum atomic E-state index is 0.179. The molecule has 1 N–H and O–H groups in total. The molecule has 28 heavy (non-hydrogen) atoms. The first-order valence-corrected chi connectivity index (χ1v) is 9.60. The van der Waals surface area contributed by atoms with Gasteiger partial charge in [0.15, 0.2) is 5.65 Å². The quantitative estimate of drug-likeness (QED) is 0.477. The number of nitrogens with one attached hydrogen (secondary N) is 1. The summed E-state index contributed by atoms with van der Waals surface area (Å²) in [5, 5.41) is 6.93. The van der Waals surface area contributed by atoms with Crippen molar-refractivity contribution in [3.05, 3.63) is 47.9 Å². The molecule has 0 bridgehead atoms. The summed E-state index contributed by atoms with van der Waals surface area (Å²) in [5.74, 6) is 1.57. The van der Waals surface area contributed by atoms with Gasteiger partial charge in [0.05, 0.1) is 24.5 Å². The number of fused-ring (bicyclic) bond motifs is 1. The molecule has 3 aromatic heterocycles. The third-order valence-corrected chi connectivity index (χ3v) is 4.96. The van der Waals surface area contributed by atoms with Crippen molar-refractivity contribution < 1.29 is 9.53 Å². The summed E-state index contributed by atoms with van der Waals surface area (Å²) in [4.78, 5) is 22.1. The lowest BCUT2D eigenvalue weighted by Crippen LogP contribution is -2.24. The predicted molar refractivity (Wildman–Crippen MR) is 105 cm³/mol. The normalized spacial score (nSPS) is 16.5. The van der Waals surface area contributed by atoms with Crippen LogP contribution in [0.1, 0.15) is 36.6 Å². The number of rotatable bonds is 8. The van der Waals surface area contributed by atoms with Gasteiger partial charge in [-0.25, -0.2) is 14.5 Å². The fourth-order valence-corrected chi connectivity index (χ4v) is 3.59. The number of carbonyl (C=O) groups excluding carboxylic acids is 1. The molecule has 1 aliphatic rings. The molecule has 0 aromatic carbocycles. The van der Waals surface area contributed by atoms with Gasteiger partial charge in [0.25, 0.3) is 0 Å². The van der Waals surface area contributed by atoms with E-state index >= 15 is 0 Å². The SMILES string of the molecule is Cc1cnn2ccc(N3CCCC3c3cccc(OCCCNC=O)n3)nc12. The number of aromatic nitrogens is 4. The van der Waals surface area contributed by atoms with Crippen molar-refractivity contribution >= 4 is 17.9 Å². The Bertz CT molecular complexity index is 957. The second-order valence-corrected chi connectivity index (χ2v) is 6.91. The summed E-state index contributed by atoms with van der Waals surface area (Å²) in [7, 11) is 0. The Morgan fingerprint density at radius 3 is 3.14 bits per heavy atom. The van der Waals surface area contributed by atoms with Gasteiger partial charge in [-0.3, -0.25) is 4.79 Å². The Hall–Kier alpha value is -3.16. The lowest BCUT2D eigenvalue weighted by atomic mass is 10.1. The monoisotopic (exact) mass is 380 g/mol. The van der Waals surface area contributed by atoms with E-state index in [0.717, 1.165) is 48.5 Å². The van der Waals surface area contributed by atoms with Crippen molar-refractivity contribution in [2.75, 3.05) is 24.6 Å². The van der Waals surface area contributed by atoms with Crippen molar-refractivity contribution in [3.8, 4) is 5.88 Å². The predicted octanol–water partition coefficient (Wildman–Crippen LogP) is 2.29. The number of amides is 1. The molecule has 1 aliphatic heterocycles. The van der Waals surface area contributed by atoms with Crippen LogP contribution in [-0.2, 0) is 4.79 Å². The minimum Gasteiger partial charge on any atom is -0.478 e. The van der Waals surface area contributed by atoms with Crippen LogP contribution in [-0.4, -0.2) is 45.7 Å². The highest BCUT2D eigenvalue weighted by molar-refractivity contribution is 5.53. The van der Waals surface area contributed by atoms with Gasteiger partial charge in [0.2, 0.25) is 12.3 Å². The van der Waals surface area contributed by atoms with Crippen molar-refractivity contribution in [1.82, 2.24) is 24.9 Å². The van der Waals surface area contributed by atoms with Crippen molar-refractivity contribution in [3.63, 3.8) is 0 Å². The number of hydrogen-bond acceptors (Lipinski definition) is 6. The summed E-state index contributed by atoms with van der Waals surface area (Å²) in [5.41, 5.74) is 2.94. The molecular weight excluding hydrogens is 356 g/mol. The smallest absolute Gasteiger partial charge is 0.213 e. The summed E-state index contributed by atoms with van der Waals surface area (Å²) < 4.78 is 7.55. The molecule has 8 nitrogen and oxygen atoms in total. The largest absolute Gasteiger partial charge is 0.478 e. The zero-order valence-corrected chi connectivity index (χ0v) is 15.9. The minimum absolute atomic E-state index is 0.179. The van der Waals surface area contributed by atoms with Gasteiger partial charge >= 0.3 is 0 Å². The van der Waals surface area contributed by atoms with E-state index in [4.69, 9.17) is 14.7 Å². The van der Waals surface area contributed by atoms with Gasteiger partial charge in [0, 0.05) is 30.9 Å². The van der Waals surface area contributed by atoms with E-state index in [1.165, 1.54) is 0 Å². The number of hydrogen-bond donors (Lipinski definition) is 1. The second-order valence-electron chi connectivity index (χ2n) is 6.91. The summed E-state index contributed by atoms with van der Waals surface area (Å²) in [6, 6.07) is 8.09. The Labute approximate surface area is 163 Å². The van der Waals surface area contributed by atoms with E-state index in [9.17, 15) is 4.79 Å². The number of pyridine rings is 1. The van der Waals surface area contributed by atoms with Crippen molar-refractivity contribution in [2.24, 2.45) is 0 Å². The van der Waals surface area contributed by atoms with Gasteiger partial charge in [-0.1, -0.05) is 6.07 Å². The third kappa shape index (κ3) is 3.76. The summed E-state index contributed by atoms with van der Waals surface area (Å²) >= 11 is 0. The van der Waals surface area contributed by atoms with E-state index in [1.54, 1.807) is 4.52 Å². The summed E-state index contributed by atoms with van der Waals surface area (Å²) in [6.45, 7) is 4.09. The molecule has 1 fully saturated rings. The number of carbonyl (C=O) groups is 1. The summed E-state index contributed by atoms with van der Waals surface area (Å²) in [6.07, 6.45) is 7.37. The molecule has 4 heterocycles. The van der Waals surface area contributed by atoms with Crippen LogP contribution in [0.25, 0.3) is 5.65 Å². The Balaban J connectivity index is 1.50. The standard InChI is InChI=1S/C20H24N6O2/c1-15-13-22-26-11-8-18(24-20(15)26)25-10-3-6-17(25)16-5-2-7-19(23-16)28-12-4-9-21-14-27/h2,5,7-8,11,13-14,17H,3-4,6,9-10,12H2,1H3,(H,21,27). The van der Waals surface area contributed by atoms with Crippen LogP contribution in [0.5, 0.6) is 5.88 Å². The van der Waals surface area contributed by atoms with Crippen LogP contribution in [0.2, 0.25) is 0 Å². The first kappa shape index (κ1) is 18.2. The second kappa shape index (κ2) is 8.24. The zero-order valence-electron chi connectivity index (χ0n) is 15.9. The highest BCUT2D eigenvalue weighted by atomic mass is 16.5. The Morgan fingerprint density at radius 2 is 2.25 bits per heavy atom. The van der Waals surface area contributed by atoms with Gasteiger partial charge in [0.1, 0.15) is 5.82 Å². The van der Waals surface area contributed by atoms with Crippen molar-refractivity contribution in [1.29, 1.82) is 0 Å². The topological polar surface area (TPSA) is 84.6 Å². The lowest BCUT2D eigenvalue weighted by molar-refractivity contribution is -0.109. The van der Waals surface area contributed by atoms with E-state index in [-0.39, 0.29) is 6.04 Å². The Morgan fingerprint density at radius 1 is 1.32 bits per heavy atom.